The monoisotopic (exact) mass is 432 g/mol. The molecule has 0 aliphatic carbocycles. The van der Waals surface area contributed by atoms with Crippen LogP contribution in [0.5, 0.6) is 0 Å². The van der Waals surface area contributed by atoms with Crippen LogP contribution in [0.2, 0.25) is 0 Å². The molecular weight excluding hydrogens is 391 g/mol. The second-order valence-corrected chi connectivity index (χ2v) is 10.1. The van der Waals surface area contributed by atoms with Gasteiger partial charge in [0, 0.05) is 24.4 Å². The van der Waals surface area contributed by atoms with E-state index in [1.807, 2.05) is 39.8 Å². The minimum absolute atomic E-state index is 0.0864. The summed E-state index contributed by atoms with van der Waals surface area (Å²) in [5, 5.41) is 0. The summed E-state index contributed by atoms with van der Waals surface area (Å²) in [5.74, 6) is 0.0940. The third-order valence-corrected chi connectivity index (χ3v) is 5.96. The highest BCUT2D eigenvalue weighted by molar-refractivity contribution is 5.73. The van der Waals surface area contributed by atoms with E-state index >= 15 is 4.39 Å². The van der Waals surface area contributed by atoms with Crippen molar-refractivity contribution in [3.63, 3.8) is 0 Å². The minimum Gasteiger partial charge on any atom is -0.444 e. The van der Waals surface area contributed by atoms with Gasteiger partial charge in [-0.1, -0.05) is 39.3 Å². The summed E-state index contributed by atoms with van der Waals surface area (Å²) in [6.07, 6.45) is 4.02. The second kappa shape index (κ2) is 10.5. The Hall–Kier alpha value is -2.04. The maximum atomic E-state index is 15.9. The number of nitrogens with zero attached hydrogens (tertiary/aromatic N) is 1. The Morgan fingerprint density at radius 2 is 1.87 bits per heavy atom. The van der Waals surface area contributed by atoms with Gasteiger partial charge in [-0.3, -0.25) is 0 Å². The number of benzene rings is 1. The fourth-order valence-corrected chi connectivity index (χ4v) is 4.36. The number of likely N-dealkylation sites (tertiary alicyclic amines) is 1. The highest BCUT2D eigenvalue weighted by Gasteiger charge is 2.30. The van der Waals surface area contributed by atoms with Crippen molar-refractivity contribution in [2.45, 2.75) is 92.1 Å². The molecule has 1 amide bonds. The predicted octanol–water partition coefficient (Wildman–Crippen LogP) is 6.76. The SMILES string of the molecule is CCCC/C(N)=C(\c1c(C)ccc(C2CCN(C(=O)OC(C)(C)C)CC2)c1F)C(C)C. The lowest BCUT2D eigenvalue weighted by atomic mass is 9.83. The Kier molecular flexibility index (Phi) is 8.56. The van der Waals surface area contributed by atoms with E-state index in [0.29, 0.717) is 18.7 Å². The van der Waals surface area contributed by atoms with E-state index in [2.05, 4.69) is 20.8 Å². The molecule has 31 heavy (non-hydrogen) atoms. The lowest BCUT2D eigenvalue weighted by Gasteiger charge is -2.34. The average molecular weight is 433 g/mol. The molecule has 174 valence electrons. The van der Waals surface area contributed by atoms with Crippen molar-refractivity contribution < 1.29 is 13.9 Å². The number of carbonyl (C=O) groups is 1. The lowest BCUT2D eigenvalue weighted by molar-refractivity contribution is 0.0204. The maximum absolute atomic E-state index is 15.9. The molecular formula is C26H41FN2O2. The Bertz CT molecular complexity index is 800. The average Bonchev–Trinajstić information content (AvgIpc) is 2.68. The molecule has 1 aliphatic heterocycles. The molecule has 1 aromatic carbocycles. The first kappa shape index (κ1) is 25.2. The first-order chi connectivity index (χ1) is 14.5. The highest BCUT2D eigenvalue weighted by atomic mass is 19.1. The number of amides is 1. The van der Waals surface area contributed by atoms with Crippen LogP contribution in [0.4, 0.5) is 9.18 Å². The molecule has 1 aromatic rings. The molecule has 1 fully saturated rings. The Labute approximate surface area is 188 Å². The number of unbranched alkanes of at least 4 members (excludes halogenated alkanes) is 1. The summed E-state index contributed by atoms with van der Waals surface area (Å²) in [7, 11) is 0. The van der Waals surface area contributed by atoms with Crippen LogP contribution in [-0.2, 0) is 4.74 Å². The number of hydrogen-bond donors (Lipinski definition) is 1. The zero-order valence-electron chi connectivity index (χ0n) is 20.5. The van der Waals surface area contributed by atoms with Crippen molar-refractivity contribution in [3.05, 3.63) is 40.3 Å². The van der Waals surface area contributed by atoms with Gasteiger partial charge in [0.15, 0.2) is 0 Å². The largest absolute Gasteiger partial charge is 0.444 e. The quantitative estimate of drug-likeness (QED) is 0.540. The van der Waals surface area contributed by atoms with Crippen LogP contribution >= 0.6 is 0 Å². The standard InChI is InChI=1S/C26H41FN2O2/c1-8-9-10-21(28)22(17(2)3)23-18(4)11-12-20(24(23)27)19-13-15-29(16-14-19)25(30)31-26(5,6)7/h11-12,17,19H,8-10,13-16,28H2,1-7H3/b22-21+. The molecule has 0 atom stereocenters. The molecule has 1 aliphatic rings. The van der Waals surface area contributed by atoms with Gasteiger partial charge in [0.25, 0.3) is 0 Å². The number of hydrogen-bond acceptors (Lipinski definition) is 3. The van der Waals surface area contributed by atoms with E-state index in [9.17, 15) is 4.79 Å². The molecule has 1 saturated heterocycles. The fourth-order valence-electron chi connectivity index (χ4n) is 4.36. The molecule has 0 radical (unpaired) electrons. The first-order valence-corrected chi connectivity index (χ1v) is 11.7. The molecule has 0 spiro atoms. The second-order valence-electron chi connectivity index (χ2n) is 10.1. The van der Waals surface area contributed by atoms with Gasteiger partial charge >= 0.3 is 6.09 Å². The van der Waals surface area contributed by atoms with Crippen molar-refractivity contribution in [2.24, 2.45) is 11.7 Å². The van der Waals surface area contributed by atoms with E-state index in [4.69, 9.17) is 10.5 Å². The first-order valence-electron chi connectivity index (χ1n) is 11.7. The van der Waals surface area contributed by atoms with Gasteiger partial charge in [-0.15, -0.1) is 0 Å². The lowest BCUT2D eigenvalue weighted by Crippen LogP contribution is -2.41. The van der Waals surface area contributed by atoms with Crippen molar-refractivity contribution in [3.8, 4) is 0 Å². The molecule has 5 heteroatoms. The van der Waals surface area contributed by atoms with Crippen LogP contribution in [0.15, 0.2) is 17.8 Å². The van der Waals surface area contributed by atoms with Gasteiger partial charge in [-0.2, -0.15) is 0 Å². The molecule has 4 nitrogen and oxygen atoms in total. The van der Waals surface area contributed by atoms with E-state index < -0.39 is 5.60 Å². The van der Waals surface area contributed by atoms with Crippen LogP contribution < -0.4 is 5.73 Å². The smallest absolute Gasteiger partial charge is 0.410 e. The zero-order chi connectivity index (χ0) is 23.3. The maximum Gasteiger partial charge on any atom is 0.410 e. The summed E-state index contributed by atoms with van der Waals surface area (Å²) in [6, 6.07) is 3.94. The van der Waals surface area contributed by atoms with Gasteiger partial charge in [-0.25, -0.2) is 9.18 Å². The van der Waals surface area contributed by atoms with Crippen molar-refractivity contribution in [2.75, 3.05) is 13.1 Å². The zero-order valence-corrected chi connectivity index (χ0v) is 20.5. The molecule has 2 rings (SSSR count). The number of halogens is 1. The van der Waals surface area contributed by atoms with Crippen molar-refractivity contribution >= 4 is 11.7 Å². The van der Waals surface area contributed by atoms with E-state index in [-0.39, 0.29) is 23.7 Å². The summed E-state index contributed by atoms with van der Waals surface area (Å²) in [4.78, 5) is 14.1. The molecule has 0 aromatic heterocycles. The summed E-state index contributed by atoms with van der Waals surface area (Å²) in [5.41, 5.74) is 10.0. The van der Waals surface area contributed by atoms with Crippen LogP contribution in [-0.4, -0.2) is 29.7 Å². The number of piperidine rings is 1. The number of aryl methyl sites for hydroxylation is 1. The van der Waals surface area contributed by atoms with Crippen LogP contribution in [0.3, 0.4) is 0 Å². The van der Waals surface area contributed by atoms with Crippen LogP contribution in [0, 0.1) is 18.7 Å². The topological polar surface area (TPSA) is 55.6 Å². The minimum atomic E-state index is -0.511. The Morgan fingerprint density at radius 1 is 1.26 bits per heavy atom. The van der Waals surface area contributed by atoms with E-state index in [1.54, 1.807) is 4.90 Å². The molecule has 0 bridgehead atoms. The van der Waals surface area contributed by atoms with Gasteiger partial charge in [-0.05, 0) is 81.9 Å². The van der Waals surface area contributed by atoms with E-state index in [1.165, 1.54) is 0 Å². The summed E-state index contributed by atoms with van der Waals surface area (Å²) >= 11 is 0. The normalized spacial score (nSPS) is 16.5. The fraction of sp³-hybridized carbons (Fsp3) is 0.654. The number of allylic oxidation sites excluding steroid dienone is 2. The third kappa shape index (κ3) is 6.47. The third-order valence-electron chi connectivity index (χ3n) is 5.96. The van der Waals surface area contributed by atoms with Crippen molar-refractivity contribution in [1.82, 2.24) is 4.90 Å². The number of rotatable bonds is 6. The molecule has 1 heterocycles. The van der Waals surface area contributed by atoms with Gasteiger partial charge in [0.05, 0.1) is 0 Å². The number of nitrogens with two attached hydrogens (primary N) is 1. The Morgan fingerprint density at radius 3 is 2.39 bits per heavy atom. The summed E-state index contributed by atoms with van der Waals surface area (Å²) < 4.78 is 21.4. The van der Waals surface area contributed by atoms with Crippen LogP contribution in [0.1, 0.15) is 96.3 Å². The molecule has 0 unspecified atom stereocenters. The van der Waals surface area contributed by atoms with Gasteiger partial charge in [0.2, 0.25) is 0 Å². The summed E-state index contributed by atoms with van der Waals surface area (Å²) in [6.45, 7) is 15.0. The number of carbonyl (C=O) groups excluding carboxylic acids is 1. The highest BCUT2D eigenvalue weighted by Crippen LogP contribution is 2.37. The predicted molar refractivity (Wildman–Crippen MR) is 126 cm³/mol. The molecule has 2 N–H and O–H groups in total. The Balaban J connectivity index is 2.28. The van der Waals surface area contributed by atoms with Crippen LogP contribution in [0.25, 0.3) is 5.57 Å². The number of ether oxygens (including phenoxy) is 1. The van der Waals surface area contributed by atoms with Gasteiger partial charge < -0.3 is 15.4 Å². The van der Waals surface area contributed by atoms with Gasteiger partial charge in [0.1, 0.15) is 11.4 Å². The van der Waals surface area contributed by atoms with E-state index in [0.717, 1.165) is 54.5 Å². The molecule has 0 saturated carbocycles. The van der Waals surface area contributed by atoms with Crippen molar-refractivity contribution in [1.29, 1.82) is 0 Å².